The van der Waals surface area contributed by atoms with E-state index in [1.54, 1.807) is 39.3 Å². The highest BCUT2D eigenvalue weighted by Crippen LogP contribution is 2.31. The standard InChI is InChI=1S/C17H16F3N7O3.C5H9F3O.C2H6O/c1-8-14(26-30-25-8)15(28)21-5-13-22-10-3-2-9(4-11(10)23-13)6-27-7-12(17(18,19)20)24-16(27)29;1-4(2,9-3)5(6,7)8;1-3-2/h2-4,12H,5-7H2,1H3,(H,21,28)(H,22,23)(H,24,29);1-3H3;1-2H3. The number of carbonyl (C=O) groups excluding carboxylic acids is 2. The van der Waals surface area contributed by atoms with Gasteiger partial charge in [0.1, 0.15) is 17.6 Å². The monoisotopic (exact) mass is 611 g/mol. The van der Waals surface area contributed by atoms with E-state index in [0.717, 1.165) is 25.9 Å². The Morgan fingerprint density at radius 3 is 2.26 bits per heavy atom. The number of nitrogens with one attached hydrogen (secondary N) is 3. The second-order valence-corrected chi connectivity index (χ2v) is 9.46. The molecular weight excluding hydrogens is 580 g/mol. The number of fused-ring (bicyclic) bond motifs is 1. The summed E-state index contributed by atoms with van der Waals surface area (Å²) in [6, 6.07) is 2.44. The lowest BCUT2D eigenvalue weighted by Crippen LogP contribution is -2.40. The lowest BCUT2D eigenvalue weighted by atomic mass is 10.1. The van der Waals surface area contributed by atoms with Crippen LogP contribution in [0, 0.1) is 6.92 Å². The Balaban J connectivity index is 0.000000436. The molecule has 2 aromatic heterocycles. The van der Waals surface area contributed by atoms with Gasteiger partial charge in [-0.15, -0.1) is 0 Å². The maximum absolute atomic E-state index is 12.8. The van der Waals surface area contributed by atoms with E-state index in [-0.39, 0.29) is 18.8 Å². The van der Waals surface area contributed by atoms with Crippen LogP contribution in [-0.4, -0.2) is 89.0 Å². The van der Waals surface area contributed by atoms with Crippen LogP contribution >= 0.6 is 0 Å². The summed E-state index contributed by atoms with van der Waals surface area (Å²) in [5, 5.41) is 11.6. The number of amides is 3. The molecule has 1 aliphatic rings. The largest absolute Gasteiger partial charge is 0.416 e. The summed E-state index contributed by atoms with van der Waals surface area (Å²) in [5.41, 5.74) is 0.302. The van der Waals surface area contributed by atoms with Crippen molar-refractivity contribution in [1.82, 2.24) is 35.8 Å². The molecule has 0 spiro atoms. The van der Waals surface area contributed by atoms with Crippen molar-refractivity contribution in [2.75, 3.05) is 27.9 Å². The smallest absolute Gasteiger partial charge is 0.388 e. The summed E-state index contributed by atoms with van der Waals surface area (Å²) in [6.07, 6.45) is -8.76. The molecule has 3 N–H and O–H groups in total. The van der Waals surface area contributed by atoms with Crippen LogP contribution in [0.15, 0.2) is 22.8 Å². The Hall–Kier alpha value is -3.93. The van der Waals surface area contributed by atoms with E-state index >= 15 is 0 Å². The van der Waals surface area contributed by atoms with Gasteiger partial charge >= 0.3 is 18.4 Å². The predicted molar refractivity (Wildman–Crippen MR) is 135 cm³/mol. The SMILES string of the molecule is COC.COC(C)(C)C(F)(F)F.Cc1nonc1C(=O)NCc1nc2ccc(CN3CC(C(F)(F)F)NC3=O)cc2[nH]1. The van der Waals surface area contributed by atoms with E-state index in [4.69, 9.17) is 0 Å². The minimum absolute atomic E-state index is 0.0257. The summed E-state index contributed by atoms with van der Waals surface area (Å²) in [7, 11) is 4.29. The number of aromatic amines is 1. The van der Waals surface area contributed by atoms with Crippen LogP contribution in [0.5, 0.6) is 0 Å². The van der Waals surface area contributed by atoms with Crippen molar-refractivity contribution < 1.29 is 50.0 Å². The van der Waals surface area contributed by atoms with Crippen LogP contribution in [0.3, 0.4) is 0 Å². The molecule has 0 aliphatic carbocycles. The molecule has 1 aliphatic heterocycles. The highest BCUT2D eigenvalue weighted by molar-refractivity contribution is 5.92. The first kappa shape index (κ1) is 34.3. The number of rotatable bonds is 6. The van der Waals surface area contributed by atoms with Gasteiger partial charge in [-0.1, -0.05) is 11.2 Å². The van der Waals surface area contributed by atoms with Gasteiger partial charge in [-0.25, -0.2) is 14.4 Å². The van der Waals surface area contributed by atoms with Gasteiger partial charge in [-0.05, 0) is 43.6 Å². The lowest BCUT2D eigenvalue weighted by Gasteiger charge is -2.25. The number of nitrogens with zero attached hydrogens (tertiary/aromatic N) is 4. The van der Waals surface area contributed by atoms with Crippen molar-refractivity contribution >= 4 is 23.0 Å². The Labute approximate surface area is 236 Å². The van der Waals surface area contributed by atoms with Gasteiger partial charge in [0.15, 0.2) is 11.3 Å². The summed E-state index contributed by atoms with van der Waals surface area (Å²) >= 11 is 0. The highest BCUT2D eigenvalue weighted by atomic mass is 19.4. The number of hydrogen-bond acceptors (Lipinski definition) is 8. The number of benzene rings is 1. The van der Waals surface area contributed by atoms with Crippen molar-refractivity contribution in [1.29, 1.82) is 0 Å². The molecule has 1 fully saturated rings. The van der Waals surface area contributed by atoms with Gasteiger partial charge < -0.3 is 30.0 Å². The molecule has 1 saturated heterocycles. The van der Waals surface area contributed by atoms with E-state index in [0.29, 0.717) is 28.1 Å². The second-order valence-electron chi connectivity index (χ2n) is 9.46. The van der Waals surface area contributed by atoms with Gasteiger partial charge in [0.2, 0.25) is 0 Å². The predicted octanol–water partition coefficient (Wildman–Crippen LogP) is 3.88. The van der Waals surface area contributed by atoms with Crippen LogP contribution in [0.25, 0.3) is 11.0 Å². The van der Waals surface area contributed by atoms with E-state index < -0.39 is 42.5 Å². The third-order valence-electron chi connectivity index (χ3n) is 5.83. The van der Waals surface area contributed by atoms with Crippen molar-refractivity contribution in [2.45, 2.75) is 57.9 Å². The molecule has 0 bridgehead atoms. The molecule has 1 unspecified atom stereocenters. The Bertz CT molecular complexity index is 1340. The average molecular weight is 612 g/mol. The number of H-pyrrole nitrogens is 1. The topological polar surface area (TPSA) is 148 Å². The number of urea groups is 1. The fraction of sp³-hybridized carbons (Fsp3) is 0.542. The zero-order valence-electron chi connectivity index (χ0n) is 23.5. The summed E-state index contributed by atoms with van der Waals surface area (Å²) < 4.78 is 86.4. The molecule has 0 radical (unpaired) electrons. The second kappa shape index (κ2) is 13.8. The van der Waals surface area contributed by atoms with Crippen molar-refractivity contribution in [2.24, 2.45) is 0 Å². The molecule has 1 atom stereocenters. The van der Waals surface area contributed by atoms with Gasteiger partial charge in [-0.3, -0.25) is 4.79 Å². The number of carbonyl (C=O) groups is 2. The van der Waals surface area contributed by atoms with E-state index in [1.165, 1.54) is 0 Å². The number of ether oxygens (including phenoxy) is 2. The number of alkyl halides is 6. The lowest BCUT2D eigenvalue weighted by molar-refractivity contribution is -0.255. The van der Waals surface area contributed by atoms with Gasteiger partial charge in [0.25, 0.3) is 5.91 Å². The number of aryl methyl sites for hydroxylation is 1. The van der Waals surface area contributed by atoms with Crippen molar-refractivity contribution in [3.63, 3.8) is 0 Å². The maximum Gasteiger partial charge on any atom is 0.416 e. The quantitative estimate of drug-likeness (QED) is 0.356. The molecule has 3 heterocycles. The molecule has 234 valence electrons. The van der Waals surface area contributed by atoms with Gasteiger partial charge in [-0.2, -0.15) is 26.3 Å². The fourth-order valence-electron chi connectivity index (χ4n) is 3.22. The first-order valence-corrected chi connectivity index (χ1v) is 12.1. The van der Waals surface area contributed by atoms with Crippen molar-refractivity contribution in [3.8, 4) is 0 Å². The molecule has 18 heteroatoms. The molecule has 4 rings (SSSR count). The maximum atomic E-state index is 12.8. The number of imidazole rings is 1. The van der Waals surface area contributed by atoms with Gasteiger partial charge in [0.05, 0.1) is 24.1 Å². The molecule has 42 heavy (non-hydrogen) atoms. The summed E-state index contributed by atoms with van der Waals surface area (Å²) in [5.74, 6) is 0.00909. The van der Waals surface area contributed by atoms with Crippen LogP contribution in [0.2, 0.25) is 0 Å². The minimum Gasteiger partial charge on any atom is -0.388 e. The number of hydrogen-bond donors (Lipinski definition) is 3. The highest BCUT2D eigenvalue weighted by Gasteiger charge is 2.48. The van der Waals surface area contributed by atoms with Gasteiger partial charge in [0, 0.05) is 27.9 Å². The third-order valence-corrected chi connectivity index (χ3v) is 5.83. The van der Waals surface area contributed by atoms with E-state index in [2.05, 4.69) is 39.7 Å². The molecule has 1 aromatic carbocycles. The molecule has 3 amide bonds. The minimum atomic E-state index is -4.49. The molecule has 3 aromatic rings. The fourth-order valence-corrected chi connectivity index (χ4v) is 3.22. The van der Waals surface area contributed by atoms with Crippen LogP contribution < -0.4 is 10.6 Å². The zero-order chi connectivity index (χ0) is 31.9. The Morgan fingerprint density at radius 2 is 1.79 bits per heavy atom. The van der Waals surface area contributed by atoms with E-state index in [9.17, 15) is 35.9 Å². The third kappa shape index (κ3) is 9.04. The zero-order valence-corrected chi connectivity index (χ0v) is 23.5. The average Bonchev–Trinajstić information content (AvgIpc) is 3.60. The first-order valence-electron chi connectivity index (χ1n) is 12.1. The summed E-state index contributed by atoms with van der Waals surface area (Å²) in [4.78, 5) is 32.4. The molecule has 0 saturated carbocycles. The van der Waals surface area contributed by atoms with Crippen LogP contribution in [-0.2, 0) is 22.6 Å². The molecule has 12 nitrogen and oxygen atoms in total. The Morgan fingerprint density at radius 1 is 1.14 bits per heavy atom. The van der Waals surface area contributed by atoms with Crippen molar-refractivity contribution in [3.05, 3.63) is 41.0 Å². The number of methoxy groups -OCH3 is 2. The van der Waals surface area contributed by atoms with E-state index in [1.807, 2.05) is 5.32 Å². The molecular formula is C24H31F6N7O5. The Kier molecular flexibility index (Phi) is 11.3. The normalized spacial score (nSPS) is 15.5. The van der Waals surface area contributed by atoms with Crippen LogP contribution in [0.4, 0.5) is 31.1 Å². The summed E-state index contributed by atoms with van der Waals surface area (Å²) in [6.45, 7) is 3.22. The number of halogens is 6. The number of aromatic nitrogens is 4. The first-order chi connectivity index (χ1) is 19.4. The van der Waals surface area contributed by atoms with Crippen LogP contribution in [0.1, 0.15) is 41.4 Å².